The minimum Gasteiger partial charge on any atom is -0.359 e. The van der Waals surface area contributed by atoms with Gasteiger partial charge in [-0.1, -0.05) is 16.8 Å². The van der Waals surface area contributed by atoms with Gasteiger partial charge < -0.3 is 9.84 Å². The first-order valence-corrected chi connectivity index (χ1v) is 7.39. The molecule has 1 aliphatic rings. The summed E-state index contributed by atoms with van der Waals surface area (Å²) >= 11 is 6.14. The zero-order valence-electron chi connectivity index (χ0n) is 12.1. The van der Waals surface area contributed by atoms with Gasteiger partial charge in [0.1, 0.15) is 10.9 Å². The van der Waals surface area contributed by atoms with Crippen molar-refractivity contribution >= 4 is 23.3 Å². The molecule has 3 rings (SSSR count). The van der Waals surface area contributed by atoms with Gasteiger partial charge in [-0.15, -0.1) is 0 Å². The number of nitrogens with zero attached hydrogens (tertiary/aromatic N) is 3. The second-order valence-corrected chi connectivity index (χ2v) is 5.70. The van der Waals surface area contributed by atoms with Gasteiger partial charge in [0.2, 0.25) is 5.91 Å². The lowest BCUT2D eigenvalue weighted by molar-refractivity contribution is -0.115. The van der Waals surface area contributed by atoms with E-state index < -0.39 is 0 Å². The number of carbonyl (C=O) groups is 1. The van der Waals surface area contributed by atoms with Gasteiger partial charge in [0.25, 0.3) is 0 Å². The Kier molecular flexibility index (Phi) is 3.71. The summed E-state index contributed by atoms with van der Waals surface area (Å²) < 4.78 is 6.85. The lowest BCUT2D eigenvalue weighted by Crippen LogP contribution is -2.16. The molecule has 0 unspecified atom stereocenters. The van der Waals surface area contributed by atoms with Crippen LogP contribution >= 0.6 is 11.6 Å². The smallest absolute Gasteiger partial charge is 0.230 e. The summed E-state index contributed by atoms with van der Waals surface area (Å²) in [6.07, 6.45) is 4.19. The van der Waals surface area contributed by atoms with Crippen molar-refractivity contribution in [2.45, 2.75) is 39.0 Å². The molecule has 2 heterocycles. The maximum Gasteiger partial charge on any atom is 0.230 e. The fraction of sp³-hybridized carbons (Fsp3) is 0.500. The maximum atomic E-state index is 12.2. The Morgan fingerprint density at radius 1 is 1.43 bits per heavy atom. The van der Waals surface area contributed by atoms with Gasteiger partial charge in [-0.05, 0) is 26.2 Å². The number of hydrogen-bond acceptors (Lipinski definition) is 4. The highest BCUT2D eigenvalue weighted by Gasteiger charge is 2.22. The van der Waals surface area contributed by atoms with Gasteiger partial charge in [0.05, 0.1) is 12.1 Å². The molecule has 21 heavy (non-hydrogen) atoms. The number of carbonyl (C=O) groups excluding carboxylic acids is 1. The predicted octanol–water partition coefficient (Wildman–Crippen LogP) is 2.43. The number of rotatable bonds is 3. The summed E-state index contributed by atoms with van der Waals surface area (Å²) in [5.41, 5.74) is 2.54. The van der Waals surface area contributed by atoms with E-state index in [9.17, 15) is 4.79 Å². The molecule has 6 nitrogen and oxygen atoms in total. The molecule has 0 aliphatic heterocycles. The van der Waals surface area contributed by atoms with Gasteiger partial charge in [-0.2, -0.15) is 5.10 Å². The molecule has 0 bridgehead atoms. The summed E-state index contributed by atoms with van der Waals surface area (Å²) in [6, 6.07) is 0. The second-order valence-electron chi connectivity index (χ2n) is 5.34. The number of aryl methyl sites for hydroxylation is 3. The Morgan fingerprint density at radius 3 is 2.90 bits per heavy atom. The van der Waals surface area contributed by atoms with Crippen LogP contribution in [-0.4, -0.2) is 20.8 Å². The topological polar surface area (TPSA) is 73.0 Å². The first kappa shape index (κ1) is 14.1. The van der Waals surface area contributed by atoms with E-state index in [-0.39, 0.29) is 12.3 Å². The van der Waals surface area contributed by atoms with Crippen LogP contribution in [0.5, 0.6) is 0 Å². The zero-order valence-corrected chi connectivity index (χ0v) is 12.8. The molecule has 7 heteroatoms. The number of nitrogens with one attached hydrogen (secondary N) is 1. The minimum absolute atomic E-state index is 0.158. The third-order valence-corrected chi connectivity index (χ3v) is 4.29. The zero-order chi connectivity index (χ0) is 15.0. The van der Waals surface area contributed by atoms with E-state index in [1.807, 2.05) is 6.92 Å². The summed E-state index contributed by atoms with van der Waals surface area (Å²) in [6.45, 7) is 1.84. The third kappa shape index (κ3) is 2.68. The Balaban J connectivity index is 1.74. The standard InChI is InChI=1S/C14H17ClN4O2/c1-8-10(13(15)19(2)17-8)7-12(20)16-14-9-5-3-4-6-11(9)21-18-14/h3-7H2,1-2H3,(H,16,18,20). The Bertz CT molecular complexity index is 689. The van der Waals surface area contributed by atoms with E-state index in [4.69, 9.17) is 16.1 Å². The Hall–Kier alpha value is -1.82. The number of aromatic nitrogens is 3. The molecular formula is C14H17ClN4O2. The van der Waals surface area contributed by atoms with E-state index in [2.05, 4.69) is 15.6 Å². The molecular weight excluding hydrogens is 292 g/mol. The molecule has 1 aliphatic carbocycles. The van der Waals surface area contributed by atoms with Crippen LogP contribution in [0.4, 0.5) is 5.82 Å². The maximum absolute atomic E-state index is 12.2. The Morgan fingerprint density at radius 2 is 2.19 bits per heavy atom. The summed E-state index contributed by atoms with van der Waals surface area (Å²) in [5.74, 6) is 1.29. The van der Waals surface area contributed by atoms with Crippen molar-refractivity contribution in [3.05, 3.63) is 27.7 Å². The average molecular weight is 309 g/mol. The molecule has 0 spiro atoms. The molecule has 112 valence electrons. The average Bonchev–Trinajstić information content (AvgIpc) is 2.96. The largest absolute Gasteiger partial charge is 0.359 e. The van der Waals surface area contributed by atoms with Gasteiger partial charge in [-0.3, -0.25) is 9.48 Å². The normalized spacial score (nSPS) is 14.0. The van der Waals surface area contributed by atoms with Crippen LogP contribution in [0.1, 0.15) is 35.4 Å². The molecule has 0 saturated carbocycles. The van der Waals surface area contributed by atoms with Gasteiger partial charge in [0, 0.05) is 24.6 Å². The number of anilines is 1. The highest BCUT2D eigenvalue weighted by Crippen LogP contribution is 2.27. The van der Waals surface area contributed by atoms with Crippen LogP contribution in [0.3, 0.4) is 0 Å². The first-order valence-electron chi connectivity index (χ1n) is 7.01. The number of fused-ring (bicyclic) bond motifs is 1. The molecule has 0 fully saturated rings. The third-order valence-electron chi connectivity index (χ3n) is 3.82. The number of halogens is 1. The van der Waals surface area contributed by atoms with E-state index in [0.717, 1.165) is 48.3 Å². The SMILES string of the molecule is Cc1nn(C)c(Cl)c1CC(=O)Nc1noc2c1CCCC2. The molecule has 0 atom stereocenters. The van der Waals surface area contributed by atoms with E-state index in [0.29, 0.717) is 11.0 Å². The fourth-order valence-corrected chi connectivity index (χ4v) is 2.94. The number of hydrogen-bond donors (Lipinski definition) is 1. The molecule has 0 radical (unpaired) electrons. The molecule has 1 N–H and O–H groups in total. The summed E-state index contributed by atoms with van der Waals surface area (Å²) in [5, 5.41) is 11.5. The first-order chi connectivity index (χ1) is 10.1. The van der Waals surface area contributed by atoms with E-state index in [1.54, 1.807) is 11.7 Å². The van der Waals surface area contributed by atoms with E-state index in [1.165, 1.54) is 0 Å². The van der Waals surface area contributed by atoms with Crippen LogP contribution in [0.25, 0.3) is 0 Å². The van der Waals surface area contributed by atoms with Crippen molar-refractivity contribution in [2.24, 2.45) is 7.05 Å². The molecule has 2 aromatic heterocycles. The summed E-state index contributed by atoms with van der Waals surface area (Å²) in [4.78, 5) is 12.2. The number of amides is 1. The second kappa shape index (κ2) is 5.52. The van der Waals surface area contributed by atoms with Crippen molar-refractivity contribution in [1.29, 1.82) is 0 Å². The van der Waals surface area contributed by atoms with Crippen LogP contribution in [-0.2, 0) is 31.1 Å². The van der Waals surface area contributed by atoms with E-state index >= 15 is 0 Å². The van der Waals surface area contributed by atoms with Gasteiger partial charge in [-0.25, -0.2) is 0 Å². The quantitative estimate of drug-likeness (QED) is 0.945. The molecule has 0 saturated heterocycles. The molecule has 2 aromatic rings. The molecule has 1 amide bonds. The lowest BCUT2D eigenvalue weighted by atomic mass is 9.98. The lowest BCUT2D eigenvalue weighted by Gasteiger charge is -2.09. The Labute approximate surface area is 127 Å². The van der Waals surface area contributed by atoms with Crippen LogP contribution < -0.4 is 5.32 Å². The molecule has 0 aromatic carbocycles. The van der Waals surface area contributed by atoms with Crippen molar-refractivity contribution in [2.75, 3.05) is 5.32 Å². The van der Waals surface area contributed by atoms with Gasteiger partial charge in [0.15, 0.2) is 5.82 Å². The van der Waals surface area contributed by atoms with Crippen LogP contribution in [0, 0.1) is 6.92 Å². The van der Waals surface area contributed by atoms with Crippen molar-refractivity contribution in [3.8, 4) is 0 Å². The van der Waals surface area contributed by atoms with Crippen molar-refractivity contribution < 1.29 is 9.32 Å². The highest BCUT2D eigenvalue weighted by atomic mass is 35.5. The predicted molar refractivity (Wildman–Crippen MR) is 78.4 cm³/mol. The van der Waals surface area contributed by atoms with Crippen LogP contribution in [0.15, 0.2) is 4.52 Å². The van der Waals surface area contributed by atoms with Gasteiger partial charge >= 0.3 is 0 Å². The van der Waals surface area contributed by atoms with Crippen LogP contribution in [0.2, 0.25) is 5.15 Å². The summed E-state index contributed by atoms with van der Waals surface area (Å²) in [7, 11) is 1.75. The minimum atomic E-state index is -0.158. The fourth-order valence-electron chi connectivity index (χ4n) is 2.69. The van der Waals surface area contributed by atoms with Crippen molar-refractivity contribution in [3.63, 3.8) is 0 Å². The van der Waals surface area contributed by atoms with Crippen molar-refractivity contribution in [1.82, 2.24) is 14.9 Å². The monoisotopic (exact) mass is 308 g/mol. The highest BCUT2D eigenvalue weighted by molar-refractivity contribution is 6.30.